The normalized spacial score (nSPS) is 15.7. The standard InChI is InChI=1S/C14H20N4O/c15-7-12(9-17-8-10-2-1-3-10)11-4-5-13(16)14(6-11)18-19/h4-7,9-10,15,17-19H,1-3,8,16H2/b12-9+,15-7?. The molecule has 19 heavy (non-hydrogen) atoms. The highest BCUT2D eigenvalue weighted by Gasteiger charge is 2.16. The summed E-state index contributed by atoms with van der Waals surface area (Å²) >= 11 is 0. The maximum absolute atomic E-state index is 8.96. The van der Waals surface area contributed by atoms with Gasteiger partial charge in [-0.05, 0) is 36.5 Å². The predicted octanol–water partition coefficient (Wildman–Crippen LogP) is 2.45. The largest absolute Gasteiger partial charge is 0.397 e. The summed E-state index contributed by atoms with van der Waals surface area (Å²) in [7, 11) is 0. The fraction of sp³-hybridized carbons (Fsp3) is 0.357. The molecule has 1 saturated carbocycles. The molecule has 0 amide bonds. The van der Waals surface area contributed by atoms with Crippen molar-refractivity contribution in [2.24, 2.45) is 5.92 Å². The van der Waals surface area contributed by atoms with Gasteiger partial charge in [0, 0.05) is 24.5 Å². The van der Waals surface area contributed by atoms with E-state index in [-0.39, 0.29) is 0 Å². The van der Waals surface area contributed by atoms with Gasteiger partial charge in [-0.25, -0.2) is 0 Å². The van der Waals surface area contributed by atoms with E-state index in [1.54, 1.807) is 12.1 Å². The first kappa shape index (κ1) is 13.4. The van der Waals surface area contributed by atoms with Gasteiger partial charge in [0.25, 0.3) is 0 Å². The van der Waals surface area contributed by atoms with Crippen LogP contribution in [0.1, 0.15) is 24.8 Å². The van der Waals surface area contributed by atoms with Crippen molar-refractivity contribution in [3.63, 3.8) is 0 Å². The molecule has 6 N–H and O–H groups in total. The lowest BCUT2D eigenvalue weighted by atomic mass is 9.85. The van der Waals surface area contributed by atoms with Gasteiger partial charge in [-0.15, -0.1) is 0 Å². The molecule has 102 valence electrons. The summed E-state index contributed by atoms with van der Waals surface area (Å²) in [5, 5.41) is 19.7. The molecule has 0 aromatic heterocycles. The number of allylic oxidation sites excluding steroid dienone is 1. The Bertz CT molecular complexity index is 480. The van der Waals surface area contributed by atoms with Crippen LogP contribution in [-0.2, 0) is 0 Å². The summed E-state index contributed by atoms with van der Waals surface area (Å²) in [5.41, 5.74) is 10.3. The Morgan fingerprint density at radius 1 is 1.47 bits per heavy atom. The third kappa shape index (κ3) is 3.26. The third-order valence-electron chi connectivity index (χ3n) is 3.55. The number of nitrogens with one attached hydrogen (secondary N) is 3. The average molecular weight is 260 g/mol. The van der Waals surface area contributed by atoms with Gasteiger partial charge in [-0.3, -0.25) is 10.7 Å². The molecule has 1 fully saturated rings. The van der Waals surface area contributed by atoms with E-state index < -0.39 is 0 Å². The van der Waals surface area contributed by atoms with Crippen molar-refractivity contribution in [3.05, 3.63) is 30.0 Å². The molecule has 5 nitrogen and oxygen atoms in total. The second kappa shape index (κ2) is 6.24. The van der Waals surface area contributed by atoms with E-state index in [1.165, 1.54) is 25.5 Å². The van der Waals surface area contributed by atoms with Crippen LogP contribution in [0.15, 0.2) is 24.4 Å². The molecule has 1 aliphatic rings. The number of hydrogen-bond donors (Lipinski definition) is 5. The first-order valence-corrected chi connectivity index (χ1v) is 6.48. The van der Waals surface area contributed by atoms with Gasteiger partial charge in [-0.1, -0.05) is 12.5 Å². The van der Waals surface area contributed by atoms with Gasteiger partial charge < -0.3 is 16.5 Å². The number of rotatable bonds is 6. The van der Waals surface area contributed by atoms with E-state index >= 15 is 0 Å². The molecule has 1 aromatic rings. The highest BCUT2D eigenvalue weighted by molar-refractivity contribution is 6.08. The highest BCUT2D eigenvalue weighted by atomic mass is 16.5. The van der Waals surface area contributed by atoms with Crippen LogP contribution in [0, 0.1) is 11.3 Å². The van der Waals surface area contributed by atoms with Gasteiger partial charge in [0.2, 0.25) is 0 Å². The molecule has 2 rings (SSSR count). The molecule has 0 spiro atoms. The van der Waals surface area contributed by atoms with E-state index in [4.69, 9.17) is 16.4 Å². The first-order valence-electron chi connectivity index (χ1n) is 6.48. The van der Waals surface area contributed by atoms with E-state index in [2.05, 4.69) is 10.8 Å². The lowest BCUT2D eigenvalue weighted by molar-refractivity contribution is 0.312. The number of anilines is 2. The van der Waals surface area contributed by atoms with Gasteiger partial charge in [-0.2, -0.15) is 0 Å². The monoisotopic (exact) mass is 260 g/mol. The molecule has 0 heterocycles. The minimum atomic E-state index is 0.448. The lowest BCUT2D eigenvalue weighted by Gasteiger charge is -2.25. The van der Waals surface area contributed by atoms with Gasteiger partial charge in [0.1, 0.15) is 0 Å². The fourth-order valence-electron chi connectivity index (χ4n) is 2.07. The average Bonchev–Trinajstić information content (AvgIpc) is 2.38. The Morgan fingerprint density at radius 3 is 2.84 bits per heavy atom. The number of hydrogen-bond acceptors (Lipinski definition) is 5. The molecule has 0 atom stereocenters. The van der Waals surface area contributed by atoms with Crippen molar-refractivity contribution >= 4 is 23.2 Å². The smallest absolute Gasteiger partial charge is 0.0837 e. The Balaban J connectivity index is 2.06. The fourth-order valence-corrected chi connectivity index (χ4v) is 2.07. The minimum Gasteiger partial charge on any atom is -0.397 e. The van der Waals surface area contributed by atoms with Crippen molar-refractivity contribution in [2.45, 2.75) is 19.3 Å². The van der Waals surface area contributed by atoms with Crippen LogP contribution >= 0.6 is 0 Å². The van der Waals surface area contributed by atoms with Gasteiger partial charge in [0.15, 0.2) is 0 Å². The molecule has 0 unspecified atom stereocenters. The molecule has 5 heteroatoms. The van der Waals surface area contributed by atoms with Crippen molar-refractivity contribution in [1.82, 2.24) is 5.32 Å². The third-order valence-corrected chi connectivity index (χ3v) is 3.55. The number of nitrogens with two attached hydrogens (primary N) is 1. The molecule has 1 aromatic carbocycles. The Kier molecular flexibility index (Phi) is 4.41. The number of nitrogen functional groups attached to an aromatic ring is 1. The molecule has 0 saturated heterocycles. The van der Waals surface area contributed by atoms with Gasteiger partial charge >= 0.3 is 0 Å². The summed E-state index contributed by atoms with van der Waals surface area (Å²) in [6.45, 7) is 0.956. The Morgan fingerprint density at radius 2 is 2.26 bits per heavy atom. The summed E-state index contributed by atoms with van der Waals surface area (Å²) in [4.78, 5) is 0. The second-order valence-electron chi connectivity index (χ2n) is 4.86. The topological polar surface area (TPSA) is 94.2 Å². The summed E-state index contributed by atoms with van der Waals surface area (Å²) in [5.74, 6) is 0.768. The molecular formula is C14H20N4O. The van der Waals surface area contributed by atoms with Crippen LogP contribution in [-0.4, -0.2) is 18.0 Å². The van der Waals surface area contributed by atoms with Crippen molar-refractivity contribution in [1.29, 1.82) is 5.41 Å². The van der Waals surface area contributed by atoms with Crippen molar-refractivity contribution in [3.8, 4) is 0 Å². The van der Waals surface area contributed by atoms with Crippen LogP contribution in [0.2, 0.25) is 0 Å². The minimum absolute atomic E-state index is 0.448. The summed E-state index contributed by atoms with van der Waals surface area (Å²) < 4.78 is 0. The Hall–Kier alpha value is -2.01. The van der Waals surface area contributed by atoms with Gasteiger partial charge in [0.05, 0.1) is 11.4 Å². The Labute approximate surface area is 113 Å². The maximum Gasteiger partial charge on any atom is 0.0837 e. The lowest BCUT2D eigenvalue weighted by Crippen LogP contribution is -2.24. The molecular weight excluding hydrogens is 240 g/mol. The summed E-state index contributed by atoms with van der Waals surface area (Å²) in [6.07, 6.45) is 7.05. The van der Waals surface area contributed by atoms with Crippen LogP contribution in [0.5, 0.6) is 0 Å². The van der Waals surface area contributed by atoms with Crippen LogP contribution < -0.4 is 16.5 Å². The van der Waals surface area contributed by atoms with Crippen LogP contribution in [0.25, 0.3) is 5.57 Å². The zero-order valence-corrected chi connectivity index (χ0v) is 10.8. The van der Waals surface area contributed by atoms with E-state index in [1.807, 2.05) is 12.3 Å². The SMILES string of the molecule is N=C/C(=C\NCC1CCC1)c1ccc(N)c(NO)c1. The quantitative estimate of drug-likeness (QED) is 0.308. The van der Waals surface area contributed by atoms with Crippen molar-refractivity contribution < 1.29 is 5.21 Å². The second-order valence-corrected chi connectivity index (χ2v) is 4.86. The van der Waals surface area contributed by atoms with Crippen LogP contribution in [0.4, 0.5) is 11.4 Å². The molecule has 0 bridgehead atoms. The van der Waals surface area contributed by atoms with E-state index in [9.17, 15) is 0 Å². The molecule has 0 aliphatic heterocycles. The van der Waals surface area contributed by atoms with E-state index in [0.29, 0.717) is 11.4 Å². The molecule has 1 aliphatic carbocycles. The maximum atomic E-state index is 8.96. The predicted molar refractivity (Wildman–Crippen MR) is 78.4 cm³/mol. The molecule has 0 radical (unpaired) electrons. The number of benzene rings is 1. The summed E-state index contributed by atoms with van der Waals surface area (Å²) in [6, 6.07) is 5.26. The first-order chi connectivity index (χ1) is 9.24. The highest BCUT2D eigenvalue weighted by Crippen LogP contribution is 2.26. The van der Waals surface area contributed by atoms with Crippen LogP contribution in [0.3, 0.4) is 0 Å². The van der Waals surface area contributed by atoms with E-state index in [0.717, 1.165) is 23.6 Å². The zero-order valence-electron chi connectivity index (χ0n) is 10.8. The van der Waals surface area contributed by atoms with Crippen molar-refractivity contribution in [2.75, 3.05) is 17.8 Å². The zero-order chi connectivity index (χ0) is 13.7.